The summed E-state index contributed by atoms with van der Waals surface area (Å²) in [4.78, 5) is 28.6. The number of carbonyl (C=O) groups is 1. The van der Waals surface area contributed by atoms with Crippen molar-refractivity contribution < 1.29 is 9.90 Å². The lowest BCUT2D eigenvalue weighted by Gasteiger charge is -2.30. The maximum atomic E-state index is 12.1. The second kappa shape index (κ2) is 7.35. The summed E-state index contributed by atoms with van der Waals surface area (Å²) in [6, 6.07) is 4.02. The zero-order valence-corrected chi connectivity index (χ0v) is 16.7. The lowest BCUT2D eigenvalue weighted by atomic mass is 9.86. The van der Waals surface area contributed by atoms with Gasteiger partial charge in [0.15, 0.2) is 11.4 Å². The predicted molar refractivity (Wildman–Crippen MR) is 109 cm³/mol. The highest BCUT2D eigenvalue weighted by Crippen LogP contribution is 2.42. The lowest BCUT2D eigenvalue weighted by Crippen LogP contribution is -2.33. The van der Waals surface area contributed by atoms with Gasteiger partial charge >= 0.3 is 0 Å². The van der Waals surface area contributed by atoms with Crippen LogP contribution in [0.1, 0.15) is 41.7 Å². The average molecular weight is 395 g/mol. The van der Waals surface area contributed by atoms with E-state index in [4.69, 9.17) is 0 Å². The van der Waals surface area contributed by atoms with Gasteiger partial charge < -0.3 is 15.0 Å². The number of nitrogens with zero attached hydrogens (tertiary/aromatic N) is 4. The Balaban J connectivity index is 1.70. The fourth-order valence-corrected chi connectivity index (χ4v) is 4.49. The summed E-state index contributed by atoms with van der Waals surface area (Å²) in [6.07, 6.45) is 9.48. The summed E-state index contributed by atoms with van der Waals surface area (Å²) >= 11 is 0. The first-order valence-corrected chi connectivity index (χ1v) is 9.86. The van der Waals surface area contributed by atoms with E-state index in [0.29, 0.717) is 6.54 Å². The molecule has 0 radical (unpaired) electrons. The van der Waals surface area contributed by atoms with Crippen molar-refractivity contribution in [2.75, 3.05) is 7.05 Å². The highest BCUT2D eigenvalue weighted by Gasteiger charge is 2.36. The third-order valence-electron chi connectivity index (χ3n) is 5.89. The molecule has 0 bridgehead atoms. The summed E-state index contributed by atoms with van der Waals surface area (Å²) in [6.45, 7) is 3.35. The SMILES string of the molecule is CNC(=O)c1nn(CC2(Cn3cc(C)c4cccnc43)CCCC2)cc(O)c1=O. The van der Waals surface area contributed by atoms with E-state index in [1.165, 1.54) is 18.8 Å². The Labute approximate surface area is 168 Å². The Morgan fingerprint density at radius 1 is 1.28 bits per heavy atom. The van der Waals surface area contributed by atoms with Crippen LogP contribution in [0.2, 0.25) is 0 Å². The van der Waals surface area contributed by atoms with Gasteiger partial charge in [-0.1, -0.05) is 12.8 Å². The first-order valence-electron chi connectivity index (χ1n) is 9.86. The molecule has 0 saturated heterocycles. The lowest BCUT2D eigenvalue weighted by molar-refractivity contribution is 0.0951. The van der Waals surface area contributed by atoms with E-state index in [0.717, 1.165) is 43.3 Å². The van der Waals surface area contributed by atoms with Crippen LogP contribution < -0.4 is 10.7 Å². The van der Waals surface area contributed by atoms with Crippen LogP contribution in [0.25, 0.3) is 11.0 Å². The van der Waals surface area contributed by atoms with Crippen LogP contribution in [-0.2, 0) is 13.1 Å². The van der Waals surface area contributed by atoms with E-state index < -0.39 is 17.1 Å². The maximum absolute atomic E-state index is 12.1. The average Bonchev–Trinajstić information content (AvgIpc) is 3.29. The quantitative estimate of drug-likeness (QED) is 0.690. The normalized spacial score (nSPS) is 15.7. The standard InChI is InChI=1S/C21H25N5O3/c1-14-10-25(19-15(14)6-5-9-23-19)12-21(7-3-4-8-21)13-26-11-16(27)18(28)17(24-26)20(29)22-2/h5-6,9-11,27H,3-4,7-8,12-13H2,1-2H3,(H,22,29). The summed E-state index contributed by atoms with van der Waals surface area (Å²) in [5.74, 6) is -1.06. The Kier molecular flexibility index (Phi) is 4.86. The number of aromatic nitrogens is 4. The number of nitrogens with one attached hydrogen (secondary N) is 1. The van der Waals surface area contributed by atoms with Gasteiger partial charge in [0.2, 0.25) is 0 Å². The Hall–Kier alpha value is -3.16. The third kappa shape index (κ3) is 3.50. The third-order valence-corrected chi connectivity index (χ3v) is 5.89. The van der Waals surface area contributed by atoms with Crippen LogP contribution in [0.5, 0.6) is 5.75 Å². The molecular weight excluding hydrogens is 370 g/mol. The van der Waals surface area contributed by atoms with Crippen LogP contribution in [0, 0.1) is 12.3 Å². The molecule has 1 amide bonds. The van der Waals surface area contributed by atoms with Crippen molar-refractivity contribution in [3.8, 4) is 5.75 Å². The molecular formula is C21H25N5O3. The van der Waals surface area contributed by atoms with Crippen LogP contribution >= 0.6 is 0 Å². The monoisotopic (exact) mass is 395 g/mol. The Morgan fingerprint density at radius 3 is 2.76 bits per heavy atom. The smallest absolute Gasteiger partial charge is 0.275 e. The molecule has 3 aromatic rings. The largest absolute Gasteiger partial charge is 0.503 e. The minimum Gasteiger partial charge on any atom is -0.503 e. The molecule has 3 heterocycles. The summed E-state index contributed by atoms with van der Waals surface area (Å²) < 4.78 is 3.73. The summed E-state index contributed by atoms with van der Waals surface area (Å²) in [7, 11) is 1.43. The first-order chi connectivity index (χ1) is 13.9. The number of rotatable bonds is 5. The van der Waals surface area contributed by atoms with E-state index in [-0.39, 0.29) is 11.1 Å². The molecule has 1 saturated carbocycles. The van der Waals surface area contributed by atoms with Crippen molar-refractivity contribution in [3.05, 3.63) is 52.2 Å². The minimum absolute atomic E-state index is 0.0929. The number of fused-ring (bicyclic) bond motifs is 1. The number of aromatic hydroxyl groups is 1. The van der Waals surface area contributed by atoms with Gasteiger partial charge in [-0.3, -0.25) is 14.3 Å². The van der Waals surface area contributed by atoms with Gasteiger partial charge in [-0.05, 0) is 37.5 Å². The minimum atomic E-state index is -0.752. The molecule has 0 aromatic carbocycles. The second-order valence-electron chi connectivity index (χ2n) is 7.99. The van der Waals surface area contributed by atoms with Gasteiger partial charge in [0, 0.05) is 43.3 Å². The molecule has 29 heavy (non-hydrogen) atoms. The topological polar surface area (TPSA) is 102 Å². The predicted octanol–water partition coefficient (Wildman–Crippen LogP) is 2.23. The van der Waals surface area contributed by atoms with Gasteiger partial charge in [-0.25, -0.2) is 4.98 Å². The van der Waals surface area contributed by atoms with Crippen LogP contribution in [0.3, 0.4) is 0 Å². The number of pyridine rings is 1. The number of aryl methyl sites for hydroxylation is 1. The number of hydrogen-bond donors (Lipinski definition) is 2. The van der Waals surface area contributed by atoms with Gasteiger partial charge in [0.1, 0.15) is 5.65 Å². The molecule has 2 N–H and O–H groups in total. The van der Waals surface area contributed by atoms with Gasteiger partial charge in [-0.2, -0.15) is 5.10 Å². The number of carbonyl (C=O) groups excluding carboxylic acids is 1. The van der Waals surface area contributed by atoms with E-state index in [9.17, 15) is 14.7 Å². The molecule has 0 spiro atoms. The van der Waals surface area contributed by atoms with Crippen LogP contribution in [0.15, 0.2) is 35.5 Å². The number of amides is 1. The molecule has 0 unspecified atom stereocenters. The van der Waals surface area contributed by atoms with E-state index in [1.54, 1.807) is 10.9 Å². The van der Waals surface area contributed by atoms with E-state index in [2.05, 4.69) is 39.2 Å². The molecule has 152 valence electrons. The van der Waals surface area contributed by atoms with Gasteiger partial charge in [-0.15, -0.1) is 0 Å². The van der Waals surface area contributed by atoms with Crippen molar-refractivity contribution in [3.63, 3.8) is 0 Å². The molecule has 8 heteroatoms. The number of hydrogen-bond acceptors (Lipinski definition) is 5. The highest BCUT2D eigenvalue weighted by atomic mass is 16.3. The zero-order valence-electron chi connectivity index (χ0n) is 16.7. The van der Waals surface area contributed by atoms with Crippen molar-refractivity contribution in [1.29, 1.82) is 0 Å². The maximum Gasteiger partial charge on any atom is 0.275 e. The summed E-state index contributed by atoms with van der Waals surface area (Å²) in [5.41, 5.74) is 1.01. The van der Waals surface area contributed by atoms with Crippen molar-refractivity contribution in [2.24, 2.45) is 5.41 Å². The molecule has 1 fully saturated rings. The van der Waals surface area contributed by atoms with Crippen molar-refractivity contribution in [1.82, 2.24) is 24.6 Å². The van der Waals surface area contributed by atoms with Crippen molar-refractivity contribution in [2.45, 2.75) is 45.7 Å². The van der Waals surface area contributed by atoms with Gasteiger partial charge in [0.25, 0.3) is 11.3 Å². The Morgan fingerprint density at radius 2 is 2.03 bits per heavy atom. The van der Waals surface area contributed by atoms with Crippen LogP contribution in [-0.4, -0.2) is 37.4 Å². The van der Waals surface area contributed by atoms with E-state index >= 15 is 0 Å². The van der Waals surface area contributed by atoms with Crippen molar-refractivity contribution >= 4 is 16.9 Å². The fraction of sp³-hybridized carbons (Fsp3) is 0.429. The highest BCUT2D eigenvalue weighted by molar-refractivity contribution is 5.92. The fourth-order valence-electron chi connectivity index (χ4n) is 4.49. The van der Waals surface area contributed by atoms with Gasteiger partial charge in [0.05, 0.1) is 6.20 Å². The molecule has 1 aliphatic rings. The second-order valence-corrected chi connectivity index (χ2v) is 7.99. The van der Waals surface area contributed by atoms with E-state index in [1.807, 2.05) is 6.07 Å². The molecule has 4 rings (SSSR count). The molecule has 3 aromatic heterocycles. The molecule has 8 nitrogen and oxygen atoms in total. The zero-order chi connectivity index (χ0) is 20.6. The van der Waals surface area contributed by atoms with Crippen LogP contribution in [0.4, 0.5) is 0 Å². The Bertz CT molecular complexity index is 1130. The summed E-state index contributed by atoms with van der Waals surface area (Å²) in [5, 5.41) is 17.8. The molecule has 0 atom stereocenters. The molecule has 0 aliphatic heterocycles. The first kappa shape index (κ1) is 19.2. The molecule has 1 aliphatic carbocycles.